The van der Waals surface area contributed by atoms with Crippen molar-refractivity contribution in [2.75, 3.05) is 13.2 Å². The fourth-order valence-electron chi connectivity index (χ4n) is 3.26. The first-order valence-electron chi connectivity index (χ1n) is 12.0. The quantitative estimate of drug-likeness (QED) is 0.191. The Kier molecular flexibility index (Phi) is 15.6. The molecule has 0 atom stereocenters. The summed E-state index contributed by atoms with van der Waals surface area (Å²) >= 11 is 0. The molecule has 1 rings (SSSR count). The van der Waals surface area contributed by atoms with Crippen LogP contribution < -0.4 is 0 Å². The van der Waals surface area contributed by atoms with Crippen molar-refractivity contribution in [1.29, 1.82) is 0 Å². The summed E-state index contributed by atoms with van der Waals surface area (Å²) in [7, 11) is 0. The van der Waals surface area contributed by atoms with Crippen LogP contribution in [0.3, 0.4) is 0 Å². The predicted octanol–water partition coefficient (Wildman–Crippen LogP) is 6.90. The maximum absolute atomic E-state index is 12.2. The third-order valence-corrected chi connectivity index (χ3v) is 5.13. The average Bonchev–Trinajstić information content (AvgIpc) is 2.77. The first-order chi connectivity index (χ1) is 14.7. The van der Waals surface area contributed by atoms with E-state index in [2.05, 4.69) is 18.8 Å². The second kappa shape index (κ2) is 17.9. The Balaban J connectivity index is 2.13. The van der Waals surface area contributed by atoms with E-state index in [0.29, 0.717) is 13.2 Å². The SMILES string of the molecule is CCCCCCCCCCCCCOC(=O)c1cccc(C(=O)OCCCCC)n1. The molecular formula is C25H41NO4. The number of hydrogen-bond acceptors (Lipinski definition) is 5. The van der Waals surface area contributed by atoms with Crippen LogP contribution in [-0.4, -0.2) is 30.1 Å². The van der Waals surface area contributed by atoms with Crippen molar-refractivity contribution in [3.05, 3.63) is 29.6 Å². The summed E-state index contributed by atoms with van der Waals surface area (Å²) in [5.74, 6) is -0.978. The Morgan fingerprint density at radius 1 is 0.633 bits per heavy atom. The molecule has 1 aromatic heterocycles. The van der Waals surface area contributed by atoms with Crippen LogP contribution in [0.2, 0.25) is 0 Å². The van der Waals surface area contributed by atoms with Gasteiger partial charge in [-0.05, 0) is 25.0 Å². The van der Waals surface area contributed by atoms with Gasteiger partial charge in [-0.15, -0.1) is 0 Å². The number of rotatable bonds is 18. The van der Waals surface area contributed by atoms with Crippen LogP contribution in [0.15, 0.2) is 18.2 Å². The van der Waals surface area contributed by atoms with Gasteiger partial charge in [-0.3, -0.25) is 0 Å². The van der Waals surface area contributed by atoms with Crippen molar-refractivity contribution in [3.63, 3.8) is 0 Å². The van der Waals surface area contributed by atoms with Gasteiger partial charge in [0, 0.05) is 0 Å². The van der Waals surface area contributed by atoms with Crippen LogP contribution in [0.4, 0.5) is 0 Å². The highest BCUT2D eigenvalue weighted by Gasteiger charge is 2.14. The Morgan fingerprint density at radius 2 is 1.00 bits per heavy atom. The zero-order valence-corrected chi connectivity index (χ0v) is 19.1. The van der Waals surface area contributed by atoms with Gasteiger partial charge in [0.15, 0.2) is 0 Å². The molecule has 0 aliphatic carbocycles. The molecule has 1 heterocycles. The molecule has 0 amide bonds. The zero-order chi connectivity index (χ0) is 21.9. The van der Waals surface area contributed by atoms with E-state index < -0.39 is 11.9 Å². The van der Waals surface area contributed by atoms with Gasteiger partial charge in [0.05, 0.1) is 13.2 Å². The Morgan fingerprint density at radius 3 is 1.47 bits per heavy atom. The highest BCUT2D eigenvalue weighted by atomic mass is 16.5. The van der Waals surface area contributed by atoms with Gasteiger partial charge < -0.3 is 9.47 Å². The lowest BCUT2D eigenvalue weighted by Gasteiger charge is -2.07. The van der Waals surface area contributed by atoms with E-state index in [4.69, 9.17) is 9.47 Å². The first kappa shape index (κ1) is 26.1. The molecular weight excluding hydrogens is 378 g/mol. The molecule has 0 saturated carbocycles. The number of esters is 2. The van der Waals surface area contributed by atoms with Gasteiger partial charge in [0.25, 0.3) is 0 Å². The van der Waals surface area contributed by atoms with E-state index in [-0.39, 0.29) is 11.4 Å². The van der Waals surface area contributed by atoms with Gasteiger partial charge in [0.2, 0.25) is 0 Å². The molecule has 0 bridgehead atoms. The summed E-state index contributed by atoms with van der Waals surface area (Å²) in [6, 6.07) is 4.76. The minimum absolute atomic E-state index is 0.149. The third kappa shape index (κ3) is 12.6. The van der Waals surface area contributed by atoms with Crippen LogP contribution in [0.5, 0.6) is 0 Å². The van der Waals surface area contributed by atoms with Crippen LogP contribution in [0.1, 0.15) is 125 Å². The Bertz CT molecular complexity index is 588. The number of nitrogens with zero attached hydrogens (tertiary/aromatic N) is 1. The Hall–Kier alpha value is -1.91. The van der Waals surface area contributed by atoms with Crippen LogP contribution in [0, 0.1) is 0 Å². The van der Waals surface area contributed by atoms with E-state index in [1.54, 1.807) is 18.2 Å². The van der Waals surface area contributed by atoms with E-state index in [0.717, 1.165) is 32.1 Å². The summed E-state index contributed by atoms with van der Waals surface area (Å²) in [6.07, 6.45) is 16.7. The lowest BCUT2D eigenvalue weighted by atomic mass is 10.1. The van der Waals surface area contributed by atoms with E-state index in [1.807, 2.05) is 0 Å². The molecule has 170 valence electrons. The Labute approximate surface area is 183 Å². The number of carbonyl (C=O) groups excluding carboxylic acids is 2. The molecule has 5 nitrogen and oxygen atoms in total. The van der Waals surface area contributed by atoms with Crippen molar-refractivity contribution < 1.29 is 19.1 Å². The van der Waals surface area contributed by atoms with Gasteiger partial charge in [-0.1, -0.05) is 97.0 Å². The molecule has 0 fully saturated rings. The number of pyridine rings is 1. The molecule has 0 unspecified atom stereocenters. The van der Waals surface area contributed by atoms with Crippen molar-refractivity contribution in [3.8, 4) is 0 Å². The highest BCUT2D eigenvalue weighted by molar-refractivity contribution is 5.91. The number of ether oxygens (including phenoxy) is 2. The maximum atomic E-state index is 12.2. The highest BCUT2D eigenvalue weighted by Crippen LogP contribution is 2.11. The van der Waals surface area contributed by atoms with E-state index in [1.165, 1.54) is 57.8 Å². The monoisotopic (exact) mass is 419 g/mol. The summed E-state index contributed by atoms with van der Waals surface area (Å²) in [6.45, 7) is 5.11. The predicted molar refractivity (Wildman–Crippen MR) is 121 cm³/mol. The van der Waals surface area contributed by atoms with Gasteiger partial charge in [0.1, 0.15) is 11.4 Å². The van der Waals surface area contributed by atoms with Gasteiger partial charge in [-0.2, -0.15) is 0 Å². The standard InChI is InChI=1S/C25H41NO4/c1-3-5-7-8-9-10-11-12-13-14-16-21-30-25(28)23-19-17-18-22(26-23)24(27)29-20-15-6-4-2/h17-19H,3-16,20-21H2,1-2H3. The summed E-state index contributed by atoms with van der Waals surface area (Å²) in [5, 5.41) is 0. The molecule has 5 heteroatoms. The number of aromatic nitrogens is 1. The van der Waals surface area contributed by atoms with Crippen molar-refractivity contribution in [1.82, 2.24) is 4.98 Å². The minimum Gasteiger partial charge on any atom is -0.461 e. The van der Waals surface area contributed by atoms with Gasteiger partial charge >= 0.3 is 11.9 Å². The fraction of sp³-hybridized carbons (Fsp3) is 0.720. The summed E-state index contributed by atoms with van der Waals surface area (Å²) in [5.41, 5.74) is 0.303. The molecule has 30 heavy (non-hydrogen) atoms. The largest absolute Gasteiger partial charge is 0.461 e. The molecule has 0 aliphatic heterocycles. The average molecular weight is 420 g/mol. The molecule has 0 radical (unpaired) electrons. The lowest BCUT2D eigenvalue weighted by molar-refractivity contribution is 0.0482. The van der Waals surface area contributed by atoms with Crippen molar-refractivity contribution >= 4 is 11.9 Å². The third-order valence-electron chi connectivity index (χ3n) is 5.13. The van der Waals surface area contributed by atoms with E-state index in [9.17, 15) is 9.59 Å². The molecule has 0 aromatic carbocycles. The normalized spacial score (nSPS) is 10.7. The first-order valence-corrected chi connectivity index (χ1v) is 12.0. The van der Waals surface area contributed by atoms with E-state index >= 15 is 0 Å². The second-order valence-electron chi connectivity index (χ2n) is 7.92. The fourth-order valence-corrected chi connectivity index (χ4v) is 3.26. The minimum atomic E-state index is -0.494. The van der Waals surface area contributed by atoms with Crippen LogP contribution in [0.25, 0.3) is 0 Å². The molecule has 0 saturated heterocycles. The summed E-state index contributed by atoms with van der Waals surface area (Å²) in [4.78, 5) is 28.3. The lowest BCUT2D eigenvalue weighted by Crippen LogP contribution is -2.13. The van der Waals surface area contributed by atoms with Crippen LogP contribution in [-0.2, 0) is 9.47 Å². The van der Waals surface area contributed by atoms with Gasteiger partial charge in [-0.25, -0.2) is 14.6 Å². The maximum Gasteiger partial charge on any atom is 0.356 e. The molecule has 0 spiro atoms. The number of carbonyl (C=O) groups is 2. The van der Waals surface area contributed by atoms with Crippen molar-refractivity contribution in [2.45, 2.75) is 104 Å². The topological polar surface area (TPSA) is 65.5 Å². The smallest absolute Gasteiger partial charge is 0.356 e. The zero-order valence-electron chi connectivity index (χ0n) is 19.1. The second-order valence-corrected chi connectivity index (χ2v) is 7.92. The molecule has 0 aliphatic rings. The summed E-state index contributed by atoms with van der Waals surface area (Å²) < 4.78 is 10.5. The number of hydrogen-bond donors (Lipinski definition) is 0. The van der Waals surface area contributed by atoms with Crippen molar-refractivity contribution in [2.24, 2.45) is 0 Å². The molecule has 0 N–H and O–H groups in total. The van der Waals surface area contributed by atoms with Crippen LogP contribution >= 0.6 is 0 Å². The number of unbranched alkanes of at least 4 members (excludes halogenated alkanes) is 12. The molecule has 1 aromatic rings.